The first kappa shape index (κ1) is 9.66. The Balaban J connectivity index is 3.35. The third-order valence-electron chi connectivity index (χ3n) is 1.42. The summed E-state index contributed by atoms with van der Waals surface area (Å²) in [5.74, 6) is 0. The molecule has 0 fully saturated rings. The molecular formula is C8H17NO. The monoisotopic (exact) mass is 143 g/mol. The quantitative estimate of drug-likeness (QED) is 0.602. The Labute approximate surface area is 63.1 Å². The van der Waals surface area contributed by atoms with Crippen LogP contribution >= 0.6 is 0 Å². The van der Waals surface area contributed by atoms with Gasteiger partial charge in [-0.15, -0.1) is 0 Å². The van der Waals surface area contributed by atoms with Crippen LogP contribution in [0.15, 0.2) is 11.6 Å². The van der Waals surface area contributed by atoms with Gasteiger partial charge in [-0.25, -0.2) is 0 Å². The van der Waals surface area contributed by atoms with Gasteiger partial charge >= 0.3 is 0 Å². The molecule has 2 N–H and O–H groups in total. The van der Waals surface area contributed by atoms with Crippen molar-refractivity contribution in [3.8, 4) is 0 Å². The predicted octanol–water partition coefficient (Wildman–Crippen LogP) is 1.32. The van der Waals surface area contributed by atoms with Crippen LogP contribution in [0, 0.1) is 0 Å². The van der Waals surface area contributed by atoms with Crippen LogP contribution in [0.1, 0.15) is 20.8 Å². The maximum Gasteiger partial charge on any atom is 0.0678 e. The minimum Gasteiger partial charge on any atom is -0.373 e. The van der Waals surface area contributed by atoms with E-state index >= 15 is 0 Å². The first-order chi connectivity index (χ1) is 4.70. The largest absolute Gasteiger partial charge is 0.373 e. The molecule has 60 valence electrons. The molecule has 0 rings (SSSR count). The van der Waals surface area contributed by atoms with E-state index < -0.39 is 0 Å². The standard InChI is InChI=1S/C8H17NO/c1-4-7(2)6-10-8(3)5-9/h4,8H,5-6,9H2,1-3H3/b7-4-. The number of hydrogen-bond donors (Lipinski definition) is 1. The molecule has 0 aromatic rings. The zero-order chi connectivity index (χ0) is 7.98. The number of nitrogens with two attached hydrogens (primary N) is 1. The van der Waals surface area contributed by atoms with Crippen LogP contribution < -0.4 is 5.73 Å². The number of allylic oxidation sites excluding steroid dienone is 1. The molecule has 0 bridgehead atoms. The Morgan fingerprint density at radius 3 is 2.70 bits per heavy atom. The second-order valence-corrected chi connectivity index (χ2v) is 2.49. The fourth-order valence-electron chi connectivity index (χ4n) is 0.425. The Bertz CT molecular complexity index is 110. The second-order valence-electron chi connectivity index (χ2n) is 2.49. The average molecular weight is 143 g/mol. The Morgan fingerprint density at radius 1 is 1.70 bits per heavy atom. The van der Waals surface area contributed by atoms with Crippen molar-refractivity contribution in [2.45, 2.75) is 26.9 Å². The molecule has 0 aliphatic carbocycles. The van der Waals surface area contributed by atoms with E-state index in [4.69, 9.17) is 10.5 Å². The van der Waals surface area contributed by atoms with E-state index in [0.29, 0.717) is 13.2 Å². The number of ether oxygens (including phenoxy) is 1. The fourth-order valence-corrected chi connectivity index (χ4v) is 0.425. The van der Waals surface area contributed by atoms with Crippen molar-refractivity contribution in [2.75, 3.05) is 13.2 Å². The molecule has 1 atom stereocenters. The molecule has 0 radical (unpaired) electrons. The van der Waals surface area contributed by atoms with Crippen molar-refractivity contribution in [2.24, 2.45) is 5.73 Å². The normalized spacial score (nSPS) is 15.4. The van der Waals surface area contributed by atoms with E-state index in [0.717, 1.165) is 0 Å². The molecule has 2 heteroatoms. The highest BCUT2D eigenvalue weighted by molar-refractivity contribution is 4.95. The van der Waals surface area contributed by atoms with Gasteiger partial charge in [0.2, 0.25) is 0 Å². The van der Waals surface area contributed by atoms with Crippen LogP contribution in [-0.2, 0) is 4.74 Å². The maximum absolute atomic E-state index is 5.36. The zero-order valence-corrected chi connectivity index (χ0v) is 7.05. The summed E-state index contributed by atoms with van der Waals surface area (Å²) in [7, 11) is 0. The molecule has 0 saturated carbocycles. The topological polar surface area (TPSA) is 35.2 Å². The molecule has 0 amide bonds. The Kier molecular flexibility index (Phi) is 5.26. The number of rotatable bonds is 4. The lowest BCUT2D eigenvalue weighted by atomic mass is 10.3. The van der Waals surface area contributed by atoms with Crippen molar-refractivity contribution in [3.63, 3.8) is 0 Å². The van der Waals surface area contributed by atoms with E-state index in [9.17, 15) is 0 Å². The van der Waals surface area contributed by atoms with Gasteiger partial charge in [0.25, 0.3) is 0 Å². The van der Waals surface area contributed by atoms with Crippen LogP contribution in [0.4, 0.5) is 0 Å². The first-order valence-corrected chi connectivity index (χ1v) is 3.64. The van der Waals surface area contributed by atoms with Gasteiger partial charge in [-0.1, -0.05) is 11.6 Å². The van der Waals surface area contributed by atoms with Crippen LogP contribution in [0.25, 0.3) is 0 Å². The molecule has 0 spiro atoms. The van der Waals surface area contributed by atoms with Gasteiger partial charge < -0.3 is 10.5 Å². The van der Waals surface area contributed by atoms with Crippen molar-refractivity contribution in [3.05, 3.63) is 11.6 Å². The van der Waals surface area contributed by atoms with E-state index in [1.165, 1.54) is 5.57 Å². The highest BCUT2D eigenvalue weighted by Crippen LogP contribution is 1.95. The summed E-state index contributed by atoms with van der Waals surface area (Å²) in [6.45, 7) is 7.32. The van der Waals surface area contributed by atoms with Gasteiger partial charge in [0, 0.05) is 6.54 Å². The molecule has 0 aromatic carbocycles. The van der Waals surface area contributed by atoms with E-state index in [1.807, 2.05) is 26.8 Å². The van der Waals surface area contributed by atoms with Gasteiger partial charge in [0.15, 0.2) is 0 Å². The smallest absolute Gasteiger partial charge is 0.0678 e. The number of hydrogen-bond acceptors (Lipinski definition) is 2. The van der Waals surface area contributed by atoms with Crippen LogP contribution in [0.3, 0.4) is 0 Å². The van der Waals surface area contributed by atoms with Gasteiger partial charge in [0.1, 0.15) is 0 Å². The predicted molar refractivity (Wildman–Crippen MR) is 43.9 cm³/mol. The van der Waals surface area contributed by atoms with Crippen LogP contribution in [0.5, 0.6) is 0 Å². The van der Waals surface area contributed by atoms with Gasteiger partial charge in [-0.05, 0) is 20.8 Å². The third kappa shape index (κ3) is 4.53. The highest BCUT2D eigenvalue weighted by Gasteiger charge is 1.96. The molecular weight excluding hydrogens is 126 g/mol. The first-order valence-electron chi connectivity index (χ1n) is 3.64. The van der Waals surface area contributed by atoms with Gasteiger partial charge in [0.05, 0.1) is 12.7 Å². The molecule has 1 unspecified atom stereocenters. The summed E-state index contributed by atoms with van der Waals surface area (Å²) in [4.78, 5) is 0. The lowest BCUT2D eigenvalue weighted by Crippen LogP contribution is -2.20. The summed E-state index contributed by atoms with van der Waals surface area (Å²) >= 11 is 0. The molecule has 0 aromatic heterocycles. The molecule has 10 heavy (non-hydrogen) atoms. The van der Waals surface area contributed by atoms with Crippen molar-refractivity contribution in [1.82, 2.24) is 0 Å². The second kappa shape index (κ2) is 5.45. The lowest BCUT2D eigenvalue weighted by molar-refractivity contribution is 0.0897. The summed E-state index contributed by atoms with van der Waals surface area (Å²) in [5, 5.41) is 0. The van der Waals surface area contributed by atoms with Gasteiger partial charge in [-0.3, -0.25) is 0 Å². The van der Waals surface area contributed by atoms with E-state index in [-0.39, 0.29) is 6.10 Å². The molecule has 2 nitrogen and oxygen atoms in total. The lowest BCUT2D eigenvalue weighted by Gasteiger charge is -2.09. The molecule has 0 aliphatic rings. The maximum atomic E-state index is 5.36. The van der Waals surface area contributed by atoms with Crippen molar-refractivity contribution < 1.29 is 4.74 Å². The van der Waals surface area contributed by atoms with Crippen molar-refractivity contribution >= 4 is 0 Å². The molecule has 0 heterocycles. The fraction of sp³-hybridized carbons (Fsp3) is 0.750. The minimum atomic E-state index is 0.176. The SMILES string of the molecule is C/C=C(/C)COC(C)CN. The van der Waals surface area contributed by atoms with Crippen LogP contribution in [0.2, 0.25) is 0 Å². The summed E-state index contributed by atoms with van der Waals surface area (Å²) in [6, 6.07) is 0. The Morgan fingerprint density at radius 2 is 2.30 bits per heavy atom. The van der Waals surface area contributed by atoms with Crippen molar-refractivity contribution in [1.29, 1.82) is 0 Å². The summed E-state index contributed by atoms with van der Waals surface area (Å²) in [6.07, 6.45) is 2.22. The molecule has 0 saturated heterocycles. The highest BCUT2D eigenvalue weighted by atomic mass is 16.5. The summed E-state index contributed by atoms with van der Waals surface area (Å²) in [5.41, 5.74) is 6.61. The van der Waals surface area contributed by atoms with Crippen LogP contribution in [-0.4, -0.2) is 19.3 Å². The summed E-state index contributed by atoms with van der Waals surface area (Å²) < 4.78 is 5.35. The minimum absolute atomic E-state index is 0.176. The molecule has 0 aliphatic heterocycles. The Hall–Kier alpha value is -0.340. The third-order valence-corrected chi connectivity index (χ3v) is 1.42. The van der Waals surface area contributed by atoms with E-state index in [1.54, 1.807) is 0 Å². The average Bonchev–Trinajstić information content (AvgIpc) is 1.99. The van der Waals surface area contributed by atoms with E-state index in [2.05, 4.69) is 0 Å². The van der Waals surface area contributed by atoms with Gasteiger partial charge in [-0.2, -0.15) is 0 Å². The zero-order valence-electron chi connectivity index (χ0n) is 7.05.